The Hall–Kier alpha value is -1.99. The lowest BCUT2D eigenvalue weighted by Crippen LogP contribution is -2.39. The second kappa shape index (κ2) is 7.94. The van der Waals surface area contributed by atoms with E-state index >= 15 is 0 Å². The number of alkyl halides is 3. The van der Waals surface area contributed by atoms with E-state index in [4.69, 9.17) is 17.3 Å². The number of piperidine rings is 1. The van der Waals surface area contributed by atoms with Gasteiger partial charge in [-0.25, -0.2) is 4.39 Å². The molecule has 0 aromatic heterocycles. The zero-order chi connectivity index (χ0) is 19.6. The van der Waals surface area contributed by atoms with Gasteiger partial charge in [-0.1, -0.05) is 23.7 Å². The van der Waals surface area contributed by atoms with Crippen LogP contribution in [0.4, 0.5) is 34.6 Å². The minimum atomic E-state index is -4.20. The van der Waals surface area contributed by atoms with E-state index in [1.54, 1.807) is 4.90 Å². The number of hydrogen-bond donors (Lipinski definition) is 2. The van der Waals surface area contributed by atoms with Gasteiger partial charge >= 0.3 is 6.18 Å². The van der Waals surface area contributed by atoms with E-state index in [-0.39, 0.29) is 31.6 Å². The molecule has 1 aliphatic heterocycles. The zero-order valence-corrected chi connectivity index (χ0v) is 15.2. The van der Waals surface area contributed by atoms with Gasteiger partial charge in [0.15, 0.2) is 0 Å². The van der Waals surface area contributed by atoms with E-state index in [0.29, 0.717) is 17.3 Å². The Labute approximate surface area is 160 Å². The molecular weight excluding hydrogens is 382 g/mol. The van der Waals surface area contributed by atoms with Crippen molar-refractivity contribution in [2.45, 2.75) is 25.6 Å². The van der Waals surface area contributed by atoms with Gasteiger partial charge in [0.2, 0.25) is 0 Å². The molecule has 8 heteroatoms. The van der Waals surface area contributed by atoms with Gasteiger partial charge in [-0.15, -0.1) is 0 Å². The Morgan fingerprint density at radius 3 is 2.30 bits per heavy atom. The third-order valence-corrected chi connectivity index (χ3v) is 5.12. The van der Waals surface area contributed by atoms with Gasteiger partial charge in [0.1, 0.15) is 5.82 Å². The number of nitrogens with zero attached hydrogens (tertiary/aromatic N) is 1. The van der Waals surface area contributed by atoms with Crippen LogP contribution in [-0.2, 0) is 6.54 Å². The Morgan fingerprint density at radius 1 is 1.11 bits per heavy atom. The standard InChI is InChI=1S/C19H20ClF4N3/c20-15-9-18(27-7-5-13(6-8-27)19(22,23)24)16(21)10-17(15)26-14-3-1-12(11-25)2-4-14/h1-4,9-10,13,26H,5-8,11,25H2. The van der Waals surface area contributed by atoms with E-state index in [1.165, 1.54) is 12.1 Å². The van der Waals surface area contributed by atoms with Crippen molar-refractivity contribution >= 4 is 28.7 Å². The van der Waals surface area contributed by atoms with Crippen molar-refractivity contribution in [3.63, 3.8) is 0 Å². The summed E-state index contributed by atoms with van der Waals surface area (Å²) in [5.41, 5.74) is 7.87. The monoisotopic (exact) mass is 401 g/mol. The Balaban J connectivity index is 1.73. The quantitative estimate of drug-likeness (QED) is 0.668. The van der Waals surface area contributed by atoms with Gasteiger partial charge in [0.05, 0.1) is 22.3 Å². The third-order valence-electron chi connectivity index (χ3n) is 4.80. The molecule has 3 rings (SSSR count). The summed E-state index contributed by atoms with van der Waals surface area (Å²) >= 11 is 6.27. The van der Waals surface area contributed by atoms with Crippen molar-refractivity contribution in [3.05, 3.63) is 52.8 Å². The molecule has 146 valence electrons. The predicted octanol–water partition coefficient (Wildman–Crippen LogP) is 5.46. The lowest BCUT2D eigenvalue weighted by atomic mass is 9.96. The number of halogens is 5. The van der Waals surface area contributed by atoms with E-state index < -0.39 is 17.9 Å². The average Bonchev–Trinajstić information content (AvgIpc) is 2.64. The molecule has 27 heavy (non-hydrogen) atoms. The second-order valence-electron chi connectivity index (χ2n) is 6.61. The molecule has 2 aromatic carbocycles. The van der Waals surface area contributed by atoms with E-state index in [1.807, 2.05) is 24.3 Å². The smallest absolute Gasteiger partial charge is 0.369 e. The van der Waals surface area contributed by atoms with E-state index in [0.717, 1.165) is 11.3 Å². The first-order valence-corrected chi connectivity index (χ1v) is 9.02. The number of anilines is 3. The van der Waals surface area contributed by atoms with Crippen LogP contribution in [0.5, 0.6) is 0 Å². The van der Waals surface area contributed by atoms with Gasteiger partial charge in [-0.05, 0) is 36.6 Å². The number of benzene rings is 2. The van der Waals surface area contributed by atoms with Crippen LogP contribution in [-0.4, -0.2) is 19.3 Å². The van der Waals surface area contributed by atoms with Crippen molar-refractivity contribution in [2.75, 3.05) is 23.3 Å². The average molecular weight is 402 g/mol. The van der Waals surface area contributed by atoms with Crippen molar-refractivity contribution in [1.82, 2.24) is 0 Å². The van der Waals surface area contributed by atoms with Crippen molar-refractivity contribution < 1.29 is 17.6 Å². The summed E-state index contributed by atoms with van der Waals surface area (Å²) in [4.78, 5) is 1.61. The molecule has 0 aliphatic carbocycles. The predicted molar refractivity (Wildman–Crippen MR) is 100 cm³/mol. The topological polar surface area (TPSA) is 41.3 Å². The Bertz CT molecular complexity index is 785. The lowest BCUT2D eigenvalue weighted by molar-refractivity contribution is -0.179. The van der Waals surface area contributed by atoms with Gasteiger partial charge in [0.25, 0.3) is 0 Å². The van der Waals surface area contributed by atoms with Crippen LogP contribution in [0.15, 0.2) is 36.4 Å². The molecule has 1 aliphatic rings. The molecule has 0 spiro atoms. The molecule has 1 heterocycles. The molecule has 1 fully saturated rings. The highest BCUT2D eigenvalue weighted by Gasteiger charge is 2.41. The number of hydrogen-bond acceptors (Lipinski definition) is 3. The number of rotatable bonds is 4. The van der Waals surface area contributed by atoms with Crippen LogP contribution < -0.4 is 16.0 Å². The highest BCUT2D eigenvalue weighted by Crippen LogP contribution is 2.38. The van der Waals surface area contributed by atoms with Crippen molar-refractivity contribution in [2.24, 2.45) is 11.7 Å². The fourth-order valence-corrected chi connectivity index (χ4v) is 3.41. The molecule has 0 bridgehead atoms. The fourth-order valence-electron chi connectivity index (χ4n) is 3.20. The highest BCUT2D eigenvalue weighted by atomic mass is 35.5. The first-order valence-electron chi connectivity index (χ1n) is 8.64. The van der Waals surface area contributed by atoms with Crippen LogP contribution in [0.3, 0.4) is 0 Å². The third kappa shape index (κ3) is 4.65. The molecule has 2 aromatic rings. The Morgan fingerprint density at radius 2 is 1.74 bits per heavy atom. The second-order valence-corrected chi connectivity index (χ2v) is 7.02. The molecule has 0 amide bonds. The van der Waals surface area contributed by atoms with Crippen LogP contribution in [0.1, 0.15) is 18.4 Å². The summed E-state index contributed by atoms with van der Waals surface area (Å²) in [5, 5.41) is 3.34. The minimum Gasteiger partial charge on any atom is -0.369 e. The summed E-state index contributed by atoms with van der Waals surface area (Å²) in [5.74, 6) is -1.85. The molecule has 0 saturated carbocycles. The maximum Gasteiger partial charge on any atom is 0.391 e. The fraction of sp³-hybridized carbons (Fsp3) is 0.368. The maximum absolute atomic E-state index is 14.6. The summed E-state index contributed by atoms with van der Waals surface area (Å²) in [6, 6.07) is 10.1. The zero-order valence-electron chi connectivity index (χ0n) is 14.5. The van der Waals surface area contributed by atoms with Crippen molar-refractivity contribution in [3.8, 4) is 0 Å². The molecule has 0 unspecified atom stereocenters. The minimum absolute atomic E-state index is 0.0476. The van der Waals surface area contributed by atoms with Crippen LogP contribution in [0.25, 0.3) is 0 Å². The summed E-state index contributed by atoms with van der Waals surface area (Å²) < 4.78 is 53.0. The molecule has 0 atom stereocenters. The molecule has 3 nitrogen and oxygen atoms in total. The first kappa shape index (κ1) is 19.8. The van der Waals surface area contributed by atoms with E-state index in [2.05, 4.69) is 5.32 Å². The first-order chi connectivity index (χ1) is 12.8. The Kier molecular flexibility index (Phi) is 5.81. The number of nitrogens with two attached hydrogens (primary N) is 1. The van der Waals surface area contributed by atoms with Crippen LogP contribution >= 0.6 is 11.6 Å². The molecular formula is C19H20ClF4N3. The van der Waals surface area contributed by atoms with Crippen LogP contribution in [0.2, 0.25) is 5.02 Å². The van der Waals surface area contributed by atoms with Gasteiger partial charge < -0.3 is 16.0 Å². The van der Waals surface area contributed by atoms with Gasteiger partial charge in [-0.3, -0.25) is 0 Å². The maximum atomic E-state index is 14.6. The SMILES string of the molecule is NCc1ccc(Nc2cc(F)c(N3CCC(C(F)(F)F)CC3)cc2Cl)cc1. The van der Waals surface area contributed by atoms with Crippen LogP contribution in [0, 0.1) is 11.7 Å². The van der Waals surface area contributed by atoms with E-state index in [9.17, 15) is 17.6 Å². The number of nitrogens with one attached hydrogen (secondary N) is 1. The molecule has 3 N–H and O–H groups in total. The summed E-state index contributed by atoms with van der Waals surface area (Å²) in [7, 11) is 0. The lowest BCUT2D eigenvalue weighted by Gasteiger charge is -2.34. The highest BCUT2D eigenvalue weighted by molar-refractivity contribution is 6.33. The summed E-state index contributed by atoms with van der Waals surface area (Å²) in [6.07, 6.45) is -4.29. The van der Waals surface area contributed by atoms with Gasteiger partial charge in [-0.2, -0.15) is 13.2 Å². The molecule has 1 saturated heterocycles. The largest absolute Gasteiger partial charge is 0.391 e. The van der Waals surface area contributed by atoms with Gasteiger partial charge in [0, 0.05) is 31.4 Å². The van der Waals surface area contributed by atoms with Crippen molar-refractivity contribution in [1.29, 1.82) is 0 Å². The molecule has 0 radical (unpaired) electrons. The normalized spacial score (nSPS) is 15.9. The summed E-state index contributed by atoms with van der Waals surface area (Å²) in [6.45, 7) is 0.713.